The first-order valence-electron chi connectivity index (χ1n) is 7.14. The molecule has 0 aliphatic heterocycles. The van der Waals surface area contributed by atoms with Crippen molar-refractivity contribution in [2.75, 3.05) is 28.4 Å². The molecule has 2 aromatic carbocycles. The van der Waals surface area contributed by atoms with E-state index in [1.807, 2.05) is 0 Å². The van der Waals surface area contributed by atoms with Crippen molar-refractivity contribution in [1.82, 2.24) is 0 Å². The number of benzene rings is 2. The lowest BCUT2D eigenvalue weighted by Gasteiger charge is -2.18. The van der Waals surface area contributed by atoms with E-state index in [4.69, 9.17) is 18.9 Å². The van der Waals surface area contributed by atoms with E-state index in [1.54, 1.807) is 12.1 Å². The van der Waals surface area contributed by atoms with E-state index in [9.17, 15) is 14.9 Å². The second-order valence-electron chi connectivity index (χ2n) is 4.86. The van der Waals surface area contributed by atoms with Crippen LogP contribution in [0.25, 0.3) is 11.1 Å². The number of nitro groups is 1. The highest BCUT2D eigenvalue weighted by Gasteiger charge is 2.25. The normalized spacial score (nSPS) is 10.1. The third-order valence-corrected chi connectivity index (χ3v) is 3.62. The molecule has 0 heterocycles. The van der Waals surface area contributed by atoms with Gasteiger partial charge >= 0.3 is 5.97 Å². The number of methoxy groups -OCH3 is 4. The lowest BCUT2D eigenvalue weighted by molar-refractivity contribution is -0.384. The van der Waals surface area contributed by atoms with Crippen molar-refractivity contribution < 1.29 is 28.7 Å². The highest BCUT2D eigenvalue weighted by Crippen LogP contribution is 2.46. The Labute approximate surface area is 144 Å². The molecule has 0 unspecified atom stereocenters. The lowest BCUT2D eigenvalue weighted by Crippen LogP contribution is -2.06. The van der Waals surface area contributed by atoms with E-state index in [-0.39, 0.29) is 11.3 Å². The van der Waals surface area contributed by atoms with E-state index in [0.717, 1.165) is 6.07 Å². The van der Waals surface area contributed by atoms with Crippen molar-refractivity contribution in [3.63, 3.8) is 0 Å². The number of nitro benzene ring substituents is 1. The predicted molar refractivity (Wildman–Crippen MR) is 89.5 cm³/mol. The molecule has 0 aromatic heterocycles. The molecule has 0 spiro atoms. The molecule has 132 valence electrons. The summed E-state index contributed by atoms with van der Waals surface area (Å²) < 4.78 is 20.8. The molecule has 8 nitrogen and oxygen atoms in total. The van der Waals surface area contributed by atoms with Gasteiger partial charge in [-0.05, 0) is 18.2 Å². The SMILES string of the molecule is COC(=O)c1cc([N+](=O)[O-])ccc1-c1c(OC)ccc(OC)c1OC. The minimum atomic E-state index is -0.717. The van der Waals surface area contributed by atoms with E-state index in [1.165, 1.54) is 40.6 Å². The number of rotatable bonds is 6. The van der Waals surface area contributed by atoms with Crippen LogP contribution in [0, 0.1) is 10.1 Å². The van der Waals surface area contributed by atoms with Crippen molar-refractivity contribution in [3.8, 4) is 28.4 Å². The number of non-ortho nitro benzene ring substituents is 1. The number of hydrogen-bond donors (Lipinski definition) is 0. The smallest absolute Gasteiger partial charge is 0.338 e. The highest BCUT2D eigenvalue weighted by atomic mass is 16.6. The fourth-order valence-corrected chi connectivity index (χ4v) is 2.48. The minimum Gasteiger partial charge on any atom is -0.496 e. The summed E-state index contributed by atoms with van der Waals surface area (Å²) in [6.45, 7) is 0. The Hall–Kier alpha value is -3.29. The second-order valence-corrected chi connectivity index (χ2v) is 4.86. The fourth-order valence-electron chi connectivity index (χ4n) is 2.48. The molecule has 0 saturated carbocycles. The van der Waals surface area contributed by atoms with Gasteiger partial charge in [-0.3, -0.25) is 10.1 Å². The van der Waals surface area contributed by atoms with Crippen molar-refractivity contribution in [3.05, 3.63) is 46.0 Å². The Morgan fingerprint density at radius 1 is 0.960 bits per heavy atom. The zero-order valence-electron chi connectivity index (χ0n) is 14.2. The molecule has 0 amide bonds. The summed E-state index contributed by atoms with van der Waals surface area (Å²) in [6.07, 6.45) is 0. The van der Waals surface area contributed by atoms with Crippen LogP contribution in [0.1, 0.15) is 10.4 Å². The Bertz CT molecular complexity index is 817. The largest absolute Gasteiger partial charge is 0.496 e. The number of esters is 1. The lowest BCUT2D eigenvalue weighted by atomic mass is 9.96. The summed E-state index contributed by atoms with van der Waals surface area (Å²) in [4.78, 5) is 22.6. The molecule has 0 bridgehead atoms. The first-order valence-corrected chi connectivity index (χ1v) is 7.14. The van der Waals surface area contributed by atoms with Crippen LogP contribution in [0.2, 0.25) is 0 Å². The van der Waals surface area contributed by atoms with Gasteiger partial charge in [-0.25, -0.2) is 4.79 Å². The summed E-state index contributed by atoms with van der Waals surface area (Å²) in [5, 5.41) is 11.0. The highest BCUT2D eigenvalue weighted by molar-refractivity contribution is 6.00. The molecule has 25 heavy (non-hydrogen) atoms. The number of ether oxygens (including phenoxy) is 4. The molecule has 2 aromatic rings. The van der Waals surface area contributed by atoms with Crippen LogP contribution >= 0.6 is 0 Å². The maximum absolute atomic E-state index is 12.2. The fraction of sp³-hybridized carbons (Fsp3) is 0.235. The molecule has 0 N–H and O–H groups in total. The first-order chi connectivity index (χ1) is 12.0. The molecule has 0 aliphatic carbocycles. The Kier molecular flexibility index (Phi) is 5.43. The molecule has 0 radical (unpaired) electrons. The monoisotopic (exact) mass is 347 g/mol. The zero-order valence-corrected chi connectivity index (χ0v) is 14.2. The van der Waals surface area contributed by atoms with Gasteiger partial charge in [0.1, 0.15) is 5.75 Å². The zero-order chi connectivity index (χ0) is 18.6. The van der Waals surface area contributed by atoms with Gasteiger partial charge in [0.05, 0.1) is 44.5 Å². The average Bonchev–Trinajstić information content (AvgIpc) is 2.65. The van der Waals surface area contributed by atoms with Gasteiger partial charge < -0.3 is 18.9 Å². The summed E-state index contributed by atoms with van der Waals surface area (Å²) >= 11 is 0. The van der Waals surface area contributed by atoms with Crippen LogP contribution in [0.4, 0.5) is 5.69 Å². The summed E-state index contributed by atoms with van der Waals surface area (Å²) in [7, 11) is 5.59. The number of carbonyl (C=O) groups excluding carboxylic acids is 1. The quantitative estimate of drug-likeness (QED) is 0.450. The molecule has 0 aliphatic rings. The van der Waals surface area contributed by atoms with E-state index in [2.05, 4.69) is 0 Å². The van der Waals surface area contributed by atoms with Gasteiger partial charge in [0.2, 0.25) is 0 Å². The van der Waals surface area contributed by atoms with Gasteiger partial charge in [-0.15, -0.1) is 0 Å². The molecule has 2 rings (SSSR count). The van der Waals surface area contributed by atoms with Crippen LogP contribution in [0.3, 0.4) is 0 Å². The maximum Gasteiger partial charge on any atom is 0.338 e. The second kappa shape index (κ2) is 7.52. The van der Waals surface area contributed by atoms with E-state index in [0.29, 0.717) is 28.4 Å². The summed E-state index contributed by atoms with van der Waals surface area (Å²) in [5.74, 6) is 0.454. The van der Waals surface area contributed by atoms with Crippen LogP contribution in [-0.2, 0) is 4.74 Å². The van der Waals surface area contributed by atoms with Gasteiger partial charge in [0, 0.05) is 17.7 Å². The maximum atomic E-state index is 12.2. The molecule has 0 atom stereocenters. The molecular formula is C17H17NO7. The molecule has 0 saturated heterocycles. The van der Waals surface area contributed by atoms with Crippen molar-refractivity contribution in [2.45, 2.75) is 0 Å². The topological polar surface area (TPSA) is 97.1 Å². The Balaban J connectivity index is 2.85. The standard InChI is InChI=1S/C17H17NO7/c1-22-13-7-8-14(23-2)16(24-3)15(13)11-6-5-10(18(20)21)9-12(11)17(19)25-4/h5-9H,1-4H3. The number of hydrogen-bond acceptors (Lipinski definition) is 7. The summed E-state index contributed by atoms with van der Waals surface area (Å²) in [6, 6.07) is 7.20. The number of nitrogens with zero attached hydrogens (tertiary/aromatic N) is 1. The average molecular weight is 347 g/mol. The van der Waals surface area contributed by atoms with Crippen molar-refractivity contribution in [1.29, 1.82) is 0 Å². The van der Waals surface area contributed by atoms with Crippen LogP contribution < -0.4 is 14.2 Å². The third-order valence-electron chi connectivity index (χ3n) is 3.62. The Morgan fingerprint density at radius 3 is 2.12 bits per heavy atom. The molecule has 0 fully saturated rings. The van der Waals surface area contributed by atoms with Crippen LogP contribution in [-0.4, -0.2) is 39.3 Å². The molecule has 8 heteroatoms. The summed E-state index contributed by atoms with van der Waals surface area (Å²) in [5.41, 5.74) is 0.580. The van der Waals surface area contributed by atoms with Crippen molar-refractivity contribution in [2.24, 2.45) is 0 Å². The first kappa shape index (κ1) is 18.1. The van der Waals surface area contributed by atoms with Gasteiger partial charge in [-0.2, -0.15) is 0 Å². The third kappa shape index (κ3) is 3.32. The number of carbonyl (C=O) groups is 1. The Morgan fingerprint density at radius 2 is 1.60 bits per heavy atom. The van der Waals surface area contributed by atoms with E-state index >= 15 is 0 Å². The van der Waals surface area contributed by atoms with Crippen molar-refractivity contribution >= 4 is 11.7 Å². The van der Waals surface area contributed by atoms with Gasteiger partial charge in [0.15, 0.2) is 11.5 Å². The van der Waals surface area contributed by atoms with Gasteiger partial charge in [0.25, 0.3) is 5.69 Å². The van der Waals surface area contributed by atoms with E-state index < -0.39 is 10.9 Å². The molecular weight excluding hydrogens is 330 g/mol. The van der Waals surface area contributed by atoms with Gasteiger partial charge in [-0.1, -0.05) is 0 Å². The van der Waals surface area contributed by atoms with Crippen LogP contribution in [0.5, 0.6) is 17.2 Å². The van der Waals surface area contributed by atoms with Crippen LogP contribution in [0.15, 0.2) is 30.3 Å². The minimum absolute atomic E-state index is 0.0153. The predicted octanol–water partition coefficient (Wildman–Crippen LogP) is 3.07.